The zero-order valence-corrected chi connectivity index (χ0v) is 12.4. The molecule has 1 saturated heterocycles. The average Bonchev–Trinajstić information content (AvgIpc) is 3.25. The number of nitro groups is 1. The molecule has 1 atom stereocenters. The van der Waals surface area contributed by atoms with Crippen molar-refractivity contribution < 1.29 is 14.5 Å². The number of ether oxygens (including phenoxy) is 1. The second-order valence-corrected chi connectivity index (χ2v) is 5.85. The van der Waals surface area contributed by atoms with Gasteiger partial charge in [-0.25, -0.2) is 0 Å². The highest BCUT2D eigenvalue weighted by Gasteiger charge is 2.39. The number of carbonyl (C=O) groups excluding carboxylic acids is 1. The minimum absolute atomic E-state index is 0.0414. The summed E-state index contributed by atoms with van der Waals surface area (Å²) in [4.78, 5) is 24.4. The Morgan fingerprint density at radius 1 is 1.45 bits per heavy atom. The van der Waals surface area contributed by atoms with E-state index in [4.69, 9.17) is 4.74 Å². The maximum absolute atomic E-state index is 12.0. The first kappa shape index (κ1) is 14.8. The maximum atomic E-state index is 12.0. The van der Waals surface area contributed by atoms with E-state index in [1.165, 1.54) is 12.1 Å². The van der Waals surface area contributed by atoms with Gasteiger partial charge in [0.1, 0.15) is 0 Å². The van der Waals surface area contributed by atoms with Gasteiger partial charge in [-0.3, -0.25) is 14.9 Å². The fraction of sp³-hybridized carbons (Fsp3) is 0.533. The van der Waals surface area contributed by atoms with Crippen LogP contribution >= 0.6 is 0 Å². The van der Waals surface area contributed by atoms with Crippen molar-refractivity contribution in [1.82, 2.24) is 4.90 Å². The number of anilines is 1. The Hall–Kier alpha value is -2.15. The van der Waals surface area contributed by atoms with Gasteiger partial charge in [0, 0.05) is 49.5 Å². The van der Waals surface area contributed by atoms with E-state index in [1.54, 1.807) is 13.2 Å². The zero-order valence-electron chi connectivity index (χ0n) is 12.4. The van der Waals surface area contributed by atoms with Crippen molar-refractivity contribution in [2.75, 3.05) is 19.0 Å². The molecule has 1 aromatic carbocycles. The Kier molecular flexibility index (Phi) is 3.98. The molecule has 22 heavy (non-hydrogen) atoms. The summed E-state index contributed by atoms with van der Waals surface area (Å²) in [6.07, 6.45) is 2.68. The highest BCUT2D eigenvalue weighted by Crippen LogP contribution is 2.32. The topological polar surface area (TPSA) is 84.7 Å². The summed E-state index contributed by atoms with van der Waals surface area (Å²) in [7, 11) is 1.55. The molecule has 1 aromatic rings. The van der Waals surface area contributed by atoms with E-state index in [0.717, 1.165) is 24.1 Å². The van der Waals surface area contributed by atoms with Gasteiger partial charge < -0.3 is 15.0 Å². The molecule has 1 unspecified atom stereocenters. The summed E-state index contributed by atoms with van der Waals surface area (Å²) >= 11 is 0. The fourth-order valence-corrected chi connectivity index (χ4v) is 2.90. The molecule has 1 heterocycles. The molecule has 1 saturated carbocycles. The summed E-state index contributed by atoms with van der Waals surface area (Å²) in [6.45, 7) is 0.990. The lowest BCUT2D eigenvalue weighted by atomic mass is 10.1. The number of nitro benzene ring substituents is 1. The summed E-state index contributed by atoms with van der Waals surface area (Å²) in [5.41, 5.74) is 1.57. The first-order valence-electron chi connectivity index (χ1n) is 7.40. The van der Waals surface area contributed by atoms with Crippen molar-refractivity contribution in [3.8, 4) is 0 Å². The molecule has 1 aliphatic heterocycles. The van der Waals surface area contributed by atoms with E-state index in [0.29, 0.717) is 19.0 Å². The summed E-state index contributed by atoms with van der Waals surface area (Å²) in [5, 5.41) is 14.2. The highest BCUT2D eigenvalue weighted by atomic mass is 16.6. The largest absolute Gasteiger partial charge is 0.380 e. The molecule has 0 radical (unpaired) electrons. The van der Waals surface area contributed by atoms with Gasteiger partial charge in [-0.1, -0.05) is 0 Å². The second kappa shape index (κ2) is 5.92. The number of rotatable bonds is 6. The molecule has 1 aliphatic carbocycles. The van der Waals surface area contributed by atoms with Crippen LogP contribution in [0.3, 0.4) is 0 Å². The first-order valence-corrected chi connectivity index (χ1v) is 7.40. The summed E-state index contributed by atoms with van der Waals surface area (Å²) in [6, 6.07) is 5.15. The first-order chi connectivity index (χ1) is 10.6. The molecule has 0 aromatic heterocycles. The Labute approximate surface area is 128 Å². The van der Waals surface area contributed by atoms with Gasteiger partial charge >= 0.3 is 0 Å². The number of amides is 1. The van der Waals surface area contributed by atoms with Gasteiger partial charge in [0.15, 0.2) is 0 Å². The molecular formula is C15H19N3O4. The van der Waals surface area contributed by atoms with Crippen molar-refractivity contribution in [2.45, 2.75) is 38.0 Å². The van der Waals surface area contributed by atoms with Crippen LogP contribution in [0.1, 0.15) is 24.8 Å². The van der Waals surface area contributed by atoms with Crippen molar-refractivity contribution >= 4 is 17.3 Å². The minimum Gasteiger partial charge on any atom is -0.380 e. The lowest BCUT2D eigenvalue weighted by Crippen LogP contribution is -2.29. The van der Waals surface area contributed by atoms with E-state index in [-0.39, 0.29) is 24.2 Å². The lowest BCUT2D eigenvalue weighted by Gasteiger charge is -2.18. The maximum Gasteiger partial charge on any atom is 0.269 e. The van der Waals surface area contributed by atoms with Crippen LogP contribution < -0.4 is 5.32 Å². The third-order valence-corrected chi connectivity index (χ3v) is 4.11. The number of benzene rings is 1. The molecule has 0 spiro atoms. The van der Waals surface area contributed by atoms with Gasteiger partial charge in [0.05, 0.1) is 17.6 Å². The van der Waals surface area contributed by atoms with Crippen molar-refractivity contribution in [3.63, 3.8) is 0 Å². The molecule has 1 N–H and O–H groups in total. The molecule has 7 nitrogen and oxygen atoms in total. The fourth-order valence-electron chi connectivity index (χ4n) is 2.90. The van der Waals surface area contributed by atoms with Crippen molar-refractivity contribution in [2.24, 2.45) is 0 Å². The third kappa shape index (κ3) is 3.04. The Bertz CT molecular complexity index is 600. The van der Waals surface area contributed by atoms with Crippen LogP contribution in [0.4, 0.5) is 11.4 Å². The SMILES string of the molecule is COCc1cc([N+](=O)[O-])ccc1NC1CC(=O)N(C2CC2)C1. The molecule has 7 heteroatoms. The van der Waals surface area contributed by atoms with Gasteiger partial charge in [-0.05, 0) is 18.9 Å². The number of nitrogens with zero attached hydrogens (tertiary/aromatic N) is 2. The van der Waals surface area contributed by atoms with Crippen LogP contribution in [-0.2, 0) is 16.1 Å². The molecular weight excluding hydrogens is 286 g/mol. The van der Waals surface area contributed by atoms with Crippen molar-refractivity contribution in [3.05, 3.63) is 33.9 Å². The van der Waals surface area contributed by atoms with E-state index in [9.17, 15) is 14.9 Å². The van der Waals surface area contributed by atoms with Crippen molar-refractivity contribution in [1.29, 1.82) is 0 Å². The molecule has 2 aliphatic rings. The average molecular weight is 305 g/mol. The number of hydrogen-bond donors (Lipinski definition) is 1. The van der Waals surface area contributed by atoms with Gasteiger partial charge in [-0.2, -0.15) is 0 Å². The molecule has 1 amide bonds. The van der Waals surface area contributed by atoms with Crippen LogP contribution in [0.2, 0.25) is 0 Å². The number of likely N-dealkylation sites (tertiary alicyclic amines) is 1. The third-order valence-electron chi connectivity index (χ3n) is 4.11. The standard InChI is InChI=1S/C15H19N3O4/c1-22-9-10-6-13(18(20)21)4-5-14(10)16-11-7-15(19)17(8-11)12-2-3-12/h4-6,11-12,16H,2-3,7-9H2,1H3. The van der Waals surface area contributed by atoms with Crippen LogP contribution in [0.25, 0.3) is 0 Å². The van der Waals surface area contributed by atoms with Gasteiger partial charge in [0.25, 0.3) is 5.69 Å². The number of methoxy groups -OCH3 is 1. The Balaban J connectivity index is 1.74. The van der Waals surface area contributed by atoms with Gasteiger partial charge in [0.2, 0.25) is 5.91 Å². The molecule has 2 fully saturated rings. The summed E-state index contributed by atoms with van der Waals surface area (Å²) < 4.78 is 5.12. The molecule has 118 valence electrons. The molecule has 0 bridgehead atoms. The van der Waals surface area contributed by atoms with Crippen LogP contribution in [-0.4, -0.2) is 41.5 Å². The predicted octanol–water partition coefficient (Wildman–Crippen LogP) is 1.92. The van der Waals surface area contributed by atoms with Crippen LogP contribution in [0, 0.1) is 10.1 Å². The summed E-state index contributed by atoms with van der Waals surface area (Å²) in [5.74, 6) is 0.190. The van der Waals surface area contributed by atoms with E-state index >= 15 is 0 Å². The number of non-ortho nitro benzene ring substituents is 1. The molecule has 3 rings (SSSR count). The quantitative estimate of drug-likeness (QED) is 0.641. The Morgan fingerprint density at radius 2 is 2.23 bits per heavy atom. The van der Waals surface area contributed by atoms with Crippen LogP contribution in [0.15, 0.2) is 18.2 Å². The monoisotopic (exact) mass is 305 g/mol. The van der Waals surface area contributed by atoms with E-state index in [1.807, 2.05) is 4.90 Å². The van der Waals surface area contributed by atoms with E-state index in [2.05, 4.69) is 5.32 Å². The smallest absolute Gasteiger partial charge is 0.269 e. The van der Waals surface area contributed by atoms with Crippen LogP contribution in [0.5, 0.6) is 0 Å². The normalized spacial score (nSPS) is 21.2. The number of carbonyl (C=O) groups is 1. The zero-order chi connectivity index (χ0) is 15.7. The highest BCUT2D eigenvalue weighted by molar-refractivity contribution is 5.80. The van der Waals surface area contributed by atoms with E-state index < -0.39 is 4.92 Å². The second-order valence-electron chi connectivity index (χ2n) is 5.85. The predicted molar refractivity (Wildman–Crippen MR) is 80.6 cm³/mol. The number of hydrogen-bond acceptors (Lipinski definition) is 5. The van der Waals surface area contributed by atoms with Gasteiger partial charge in [-0.15, -0.1) is 0 Å². The minimum atomic E-state index is -0.420. The lowest BCUT2D eigenvalue weighted by molar-refractivity contribution is -0.384. The Morgan fingerprint density at radius 3 is 2.86 bits per heavy atom. The number of nitrogens with one attached hydrogen (secondary N) is 1.